The third kappa shape index (κ3) is 7.17. The van der Waals surface area contributed by atoms with E-state index in [-0.39, 0.29) is 6.61 Å². The van der Waals surface area contributed by atoms with Gasteiger partial charge in [0.15, 0.2) is 5.58 Å². The van der Waals surface area contributed by atoms with Gasteiger partial charge < -0.3 is 23.7 Å². The predicted octanol–water partition coefficient (Wildman–Crippen LogP) is 6.79. The number of carbonyl (C=O) groups excluding carboxylic acids is 1. The average molecular weight is 540 g/mol. The molecule has 40 heavy (non-hydrogen) atoms. The second-order valence-electron chi connectivity index (χ2n) is 9.35. The fourth-order valence-corrected chi connectivity index (χ4v) is 4.24. The van der Waals surface area contributed by atoms with Gasteiger partial charge in [-0.1, -0.05) is 42.5 Å². The molecule has 0 aliphatic carbocycles. The summed E-state index contributed by atoms with van der Waals surface area (Å²) in [7, 11) is 0. The first-order valence-corrected chi connectivity index (χ1v) is 13.2. The van der Waals surface area contributed by atoms with E-state index in [0.717, 1.165) is 51.8 Å². The number of esters is 1. The van der Waals surface area contributed by atoms with Crippen molar-refractivity contribution in [3.8, 4) is 23.0 Å². The maximum Gasteiger partial charge on any atom is 0.317 e. The molecular formula is C32H29NO7. The third-order valence-corrected chi connectivity index (χ3v) is 6.28. The normalized spacial score (nSPS) is 11.0. The van der Waals surface area contributed by atoms with E-state index in [1.54, 1.807) is 0 Å². The van der Waals surface area contributed by atoms with Crippen molar-refractivity contribution in [3.63, 3.8) is 0 Å². The first-order valence-electron chi connectivity index (χ1n) is 13.2. The molecule has 0 aliphatic rings. The van der Waals surface area contributed by atoms with E-state index in [2.05, 4.69) is 4.98 Å². The van der Waals surface area contributed by atoms with Crippen molar-refractivity contribution in [3.05, 3.63) is 90.5 Å². The minimum absolute atomic E-state index is 0.216. The molecule has 0 spiro atoms. The number of carboxylic acid groups (broad SMARTS) is 1. The summed E-state index contributed by atoms with van der Waals surface area (Å²) in [5.41, 5.74) is 3.42. The standard InChI is InChI=1S/C32H29NO7/c34-30(35)20-31(36)38-16-6-2-5-15-37-26-12-11-23-17-25(10-9-24(23)18-26)32-33-28-14-13-27(19-29(28)40-32)39-21-22-7-3-1-4-8-22/h1,3-4,7-14,17-19H,2,5-6,15-16,20-21H2,(H,34,35). The van der Waals surface area contributed by atoms with Crippen LogP contribution >= 0.6 is 0 Å². The minimum Gasteiger partial charge on any atom is -0.494 e. The molecule has 1 N–H and O–H groups in total. The van der Waals surface area contributed by atoms with Crippen LogP contribution in [0, 0.1) is 0 Å². The SMILES string of the molecule is O=C(O)CC(=O)OCCCCCOc1ccc2cc(-c3nc4ccc(OCc5ccccc5)cc4o3)ccc2c1. The lowest BCUT2D eigenvalue weighted by molar-refractivity contribution is -0.151. The number of nitrogens with zero attached hydrogens (tertiary/aromatic N) is 1. The molecule has 0 fully saturated rings. The van der Waals surface area contributed by atoms with Crippen molar-refractivity contribution in [1.82, 2.24) is 4.98 Å². The van der Waals surface area contributed by atoms with Crippen molar-refractivity contribution in [2.45, 2.75) is 32.3 Å². The number of unbranched alkanes of at least 4 members (excludes halogenated alkanes) is 2. The molecule has 0 saturated heterocycles. The summed E-state index contributed by atoms with van der Waals surface area (Å²) >= 11 is 0. The van der Waals surface area contributed by atoms with Gasteiger partial charge in [0, 0.05) is 11.6 Å². The van der Waals surface area contributed by atoms with Crippen LogP contribution in [0.15, 0.2) is 89.3 Å². The molecule has 4 aromatic carbocycles. The lowest BCUT2D eigenvalue weighted by Crippen LogP contribution is -2.11. The Morgan fingerprint density at radius 1 is 0.775 bits per heavy atom. The maximum absolute atomic E-state index is 11.2. The number of carboxylic acids is 1. The van der Waals surface area contributed by atoms with Gasteiger partial charge in [0.2, 0.25) is 5.89 Å². The Kier molecular flexibility index (Phi) is 8.56. The van der Waals surface area contributed by atoms with Crippen LogP contribution in [-0.4, -0.2) is 35.2 Å². The van der Waals surface area contributed by atoms with Crippen LogP contribution in [0.3, 0.4) is 0 Å². The zero-order valence-electron chi connectivity index (χ0n) is 21.9. The van der Waals surface area contributed by atoms with Gasteiger partial charge in [-0.2, -0.15) is 0 Å². The van der Waals surface area contributed by atoms with Crippen molar-refractivity contribution in [2.24, 2.45) is 0 Å². The second kappa shape index (κ2) is 12.8. The fraction of sp³-hybridized carbons (Fsp3) is 0.219. The maximum atomic E-state index is 11.2. The number of aromatic nitrogens is 1. The van der Waals surface area contributed by atoms with Crippen LogP contribution in [0.1, 0.15) is 31.2 Å². The quantitative estimate of drug-likeness (QED) is 0.0989. The second-order valence-corrected chi connectivity index (χ2v) is 9.35. The Labute approximate surface area is 231 Å². The van der Waals surface area contributed by atoms with Crippen LogP contribution in [-0.2, 0) is 20.9 Å². The first-order chi connectivity index (χ1) is 19.5. The molecule has 0 unspecified atom stereocenters. The zero-order valence-corrected chi connectivity index (χ0v) is 21.9. The van der Waals surface area contributed by atoms with E-state index in [1.165, 1.54) is 0 Å². The van der Waals surface area contributed by atoms with Crippen LogP contribution < -0.4 is 9.47 Å². The highest BCUT2D eigenvalue weighted by molar-refractivity contribution is 5.90. The van der Waals surface area contributed by atoms with Crippen LogP contribution in [0.25, 0.3) is 33.3 Å². The molecule has 204 valence electrons. The summed E-state index contributed by atoms with van der Waals surface area (Å²) in [5, 5.41) is 10.6. The Hall–Kier alpha value is -4.85. The summed E-state index contributed by atoms with van der Waals surface area (Å²) in [5.74, 6) is 0.154. The Morgan fingerprint density at radius 2 is 1.52 bits per heavy atom. The summed E-state index contributed by atoms with van der Waals surface area (Å²) in [6.07, 6.45) is 1.66. The molecule has 0 saturated carbocycles. The molecule has 0 aliphatic heterocycles. The van der Waals surface area contributed by atoms with Crippen molar-refractivity contribution in [2.75, 3.05) is 13.2 Å². The third-order valence-electron chi connectivity index (χ3n) is 6.28. The predicted molar refractivity (Wildman–Crippen MR) is 150 cm³/mol. The molecule has 0 bridgehead atoms. The molecule has 8 nitrogen and oxygen atoms in total. The Balaban J connectivity index is 1.14. The molecule has 0 radical (unpaired) electrons. The minimum atomic E-state index is -1.18. The van der Waals surface area contributed by atoms with Crippen LogP contribution in [0.5, 0.6) is 11.5 Å². The zero-order chi connectivity index (χ0) is 27.7. The van der Waals surface area contributed by atoms with E-state index < -0.39 is 18.4 Å². The number of benzene rings is 4. The van der Waals surface area contributed by atoms with E-state index in [1.807, 2.05) is 84.9 Å². The van der Waals surface area contributed by atoms with E-state index in [9.17, 15) is 9.59 Å². The molecule has 0 atom stereocenters. The fourth-order valence-electron chi connectivity index (χ4n) is 4.24. The van der Waals surface area contributed by atoms with Gasteiger partial charge in [-0.25, -0.2) is 4.98 Å². The van der Waals surface area contributed by atoms with E-state index >= 15 is 0 Å². The number of rotatable bonds is 13. The molecule has 5 aromatic rings. The molecule has 1 heterocycles. The van der Waals surface area contributed by atoms with Gasteiger partial charge in [0.1, 0.15) is 30.0 Å². The number of ether oxygens (including phenoxy) is 3. The van der Waals surface area contributed by atoms with E-state index in [4.69, 9.17) is 23.7 Å². The van der Waals surface area contributed by atoms with Gasteiger partial charge in [0.25, 0.3) is 0 Å². The highest BCUT2D eigenvalue weighted by Gasteiger charge is 2.11. The first kappa shape index (κ1) is 26.7. The Morgan fingerprint density at radius 3 is 2.38 bits per heavy atom. The van der Waals surface area contributed by atoms with Gasteiger partial charge in [-0.15, -0.1) is 0 Å². The van der Waals surface area contributed by atoms with Gasteiger partial charge in [0.05, 0.1) is 13.2 Å². The molecule has 1 aromatic heterocycles. The summed E-state index contributed by atoms with van der Waals surface area (Å²) < 4.78 is 22.8. The number of hydrogen-bond donors (Lipinski definition) is 1. The van der Waals surface area contributed by atoms with Crippen LogP contribution in [0.4, 0.5) is 0 Å². The average Bonchev–Trinajstić information content (AvgIpc) is 3.39. The number of fused-ring (bicyclic) bond motifs is 2. The number of hydrogen-bond acceptors (Lipinski definition) is 7. The monoisotopic (exact) mass is 539 g/mol. The van der Waals surface area contributed by atoms with Gasteiger partial charge >= 0.3 is 11.9 Å². The molecular weight excluding hydrogens is 510 g/mol. The van der Waals surface area contributed by atoms with Crippen molar-refractivity contribution in [1.29, 1.82) is 0 Å². The van der Waals surface area contributed by atoms with Gasteiger partial charge in [-0.05, 0) is 72.0 Å². The van der Waals surface area contributed by atoms with Gasteiger partial charge in [-0.3, -0.25) is 9.59 Å². The number of carbonyl (C=O) groups is 2. The summed E-state index contributed by atoms with van der Waals surface area (Å²) in [4.78, 5) is 26.3. The van der Waals surface area contributed by atoms with Crippen molar-refractivity contribution < 1.29 is 33.3 Å². The summed E-state index contributed by atoms with van der Waals surface area (Å²) in [6, 6.07) is 27.7. The topological polar surface area (TPSA) is 108 Å². The Bertz CT molecular complexity index is 1610. The van der Waals surface area contributed by atoms with Crippen molar-refractivity contribution >= 4 is 33.8 Å². The molecule has 8 heteroatoms. The smallest absolute Gasteiger partial charge is 0.317 e. The lowest BCUT2D eigenvalue weighted by atomic mass is 10.1. The highest BCUT2D eigenvalue weighted by Crippen LogP contribution is 2.30. The lowest BCUT2D eigenvalue weighted by Gasteiger charge is -2.08. The van der Waals surface area contributed by atoms with E-state index in [0.29, 0.717) is 31.1 Å². The highest BCUT2D eigenvalue weighted by atomic mass is 16.5. The number of aliphatic carboxylic acids is 1. The summed E-state index contributed by atoms with van der Waals surface area (Å²) in [6.45, 7) is 1.23. The van der Waals surface area contributed by atoms with Crippen LogP contribution in [0.2, 0.25) is 0 Å². The number of oxazole rings is 1. The molecule has 5 rings (SSSR count). The largest absolute Gasteiger partial charge is 0.494 e. The molecule has 0 amide bonds.